The van der Waals surface area contributed by atoms with Gasteiger partial charge in [-0.15, -0.1) is 0 Å². The van der Waals surface area contributed by atoms with Crippen LogP contribution in [0.3, 0.4) is 0 Å². The normalized spacial score (nSPS) is 14.6. The summed E-state index contributed by atoms with van der Waals surface area (Å²) < 4.78 is 0. The first-order valence-electron chi connectivity index (χ1n) is 7.23. The molecule has 1 unspecified atom stereocenters. The van der Waals surface area contributed by atoms with Crippen molar-refractivity contribution in [2.75, 3.05) is 20.6 Å². The number of nitrogens with zero attached hydrogens (tertiary/aromatic N) is 1. The predicted molar refractivity (Wildman–Crippen MR) is 78.5 cm³/mol. The highest BCUT2D eigenvalue weighted by atomic mass is 15.2. The van der Waals surface area contributed by atoms with Crippen LogP contribution in [0, 0.1) is 5.92 Å². The van der Waals surface area contributed by atoms with E-state index in [0.717, 1.165) is 12.5 Å². The molecule has 2 heteroatoms. The third kappa shape index (κ3) is 6.42. The zero-order valence-corrected chi connectivity index (χ0v) is 13.1. The molecule has 0 heterocycles. The van der Waals surface area contributed by atoms with Crippen molar-refractivity contribution >= 4 is 0 Å². The highest BCUT2D eigenvalue weighted by Crippen LogP contribution is 2.21. The van der Waals surface area contributed by atoms with Crippen LogP contribution in [0.2, 0.25) is 0 Å². The number of hydrogen-bond acceptors (Lipinski definition) is 2. The minimum atomic E-state index is 0.228. The fourth-order valence-corrected chi connectivity index (χ4v) is 2.07. The Labute approximate surface area is 109 Å². The highest BCUT2D eigenvalue weighted by molar-refractivity contribution is 4.91. The smallest absolute Gasteiger partial charge is 0.0300 e. The molecule has 0 saturated carbocycles. The van der Waals surface area contributed by atoms with Gasteiger partial charge in [-0.1, -0.05) is 33.6 Å². The molecule has 0 fully saturated rings. The standard InChI is InChI=1S/C15H34N2/c1-8-12-16-14(11-9-10-13(2)3)15(4,5)17(6)7/h13-14,16H,8-12H2,1-7H3. The van der Waals surface area contributed by atoms with Gasteiger partial charge in [0, 0.05) is 11.6 Å². The third-order valence-electron chi connectivity index (χ3n) is 3.92. The van der Waals surface area contributed by atoms with Gasteiger partial charge in [0.15, 0.2) is 0 Å². The minimum Gasteiger partial charge on any atom is -0.312 e. The lowest BCUT2D eigenvalue weighted by Gasteiger charge is -2.41. The SMILES string of the molecule is CCCNC(CCCC(C)C)C(C)(C)N(C)C. The van der Waals surface area contributed by atoms with Gasteiger partial charge in [-0.05, 0) is 53.2 Å². The van der Waals surface area contributed by atoms with Crippen LogP contribution in [-0.2, 0) is 0 Å². The second kappa shape index (κ2) is 8.10. The summed E-state index contributed by atoms with van der Waals surface area (Å²) in [7, 11) is 4.37. The fraction of sp³-hybridized carbons (Fsp3) is 1.00. The lowest BCUT2D eigenvalue weighted by atomic mass is 9.88. The second-order valence-electron chi connectivity index (χ2n) is 6.38. The fourth-order valence-electron chi connectivity index (χ4n) is 2.07. The van der Waals surface area contributed by atoms with Gasteiger partial charge in [-0.25, -0.2) is 0 Å². The Hall–Kier alpha value is -0.0800. The molecule has 1 atom stereocenters. The average molecular weight is 242 g/mol. The van der Waals surface area contributed by atoms with Gasteiger partial charge in [-0.3, -0.25) is 0 Å². The van der Waals surface area contributed by atoms with E-state index in [1.807, 2.05) is 0 Å². The van der Waals surface area contributed by atoms with Crippen LogP contribution in [0.15, 0.2) is 0 Å². The van der Waals surface area contributed by atoms with Crippen molar-refractivity contribution in [2.45, 2.75) is 71.9 Å². The van der Waals surface area contributed by atoms with E-state index in [-0.39, 0.29) is 5.54 Å². The molecular formula is C15H34N2. The van der Waals surface area contributed by atoms with E-state index in [0.29, 0.717) is 6.04 Å². The summed E-state index contributed by atoms with van der Waals surface area (Å²) in [5.41, 5.74) is 0.228. The number of nitrogens with one attached hydrogen (secondary N) is 1. The quantitative estimate of drug-likeness (QED) is 0.665. The maximum Gasteiger partial charge on any atom is 0.0300 e. The van der Waals surface area contributed by atoms with Crippen molar-refractivity contribution in [3.63, 3.8) is 0 Å². The van der Waals surface area contributed by atoms with E-state index in [4.69, 9.17) is 0 Å². The second-order valence-corrected chi connectivity index (χ2v) is 6.38. The monoisotopic (exact) mass is 242 g/mol. The van der Waals surface area contributed by atoms with E-state index in [1.165, 1.54) is 25.7 Å². The highest BCUT2D eigenvalue weighted by Gasteiger charge is 2.30. The Morgan fingerprint density at radius 2 is 1.71 bits per heavy atom. The Morgan fingerprint density at radius 1 is 1.12 bits per heavy atom. The summed E-state index contributed by atoms with van der Waals surface area (Å²) >= 11 is 0. The van der Waals surface area contributed by atoms with Gasteiger partial charge < -0.3 is 10.2 Å². The Balaban J connectivity index is 4.31. The average Bonchev–Trinajstić information content (AvgIpc) is 2.22. The van der Waals surface area contributed by atoms with Crippen molar-refractivity contribution in [3.8, 4) is 0 Å². The van der Waals surface area contributed by atoms with Gasteiger partial charge in [-0.2, -0.15) is 0 Å². The van der Waals surface area contributed by atoms with Gasteiger partial charge >= 0.3 is 0 Å². The summed E-state index contributed by atoms with van der Waals surface area (Å²) in [5.74, 6) is 0.823. The molecule has 0 amide bonds. The van der Waals surface area contributed by atoms with Crippen LogP contribution in [0.1, 0.15) is 60.3 Å². The summed E-state index contributed by atoms with van der Waals surface area (Å²) in [5, 5.41) is 3.72. The molecular weight excluding hydrogens is 208 g/mol. The van der Waals surface area contributed by atoms with Crippen molar-refractivity contribution in [1.29, 1.82) is 0 Å². The molecule has 0 aromatic carbocycles. The van der Waals surface area contributed by atoms with Crippen LogP contribution < -0.4 is 5.32 Å². The van der Waals surface area contributed by atoms with Crippen LogP contribution in [-0.4, -0.2) is 37.1 Å². The minimum absolute atomic E-state index is 0.228. The topological polar surface area (TPSA) is 15.3 Å². The predicted octanol–water partition coefficient (Wildman–Crippen LogP) is 3.52. The maximum absolute atomic E-state index is 3.72. The molecule has 0 aromatic rings. The van der Waals surface area contributed by atoms with E-state index in [9.17, 15) is 0 Å². The summed E-state index contributed by atoms with van der Waals surface area (Å²) in [6.45, 7) is 12.7. The van der Waals surface area contributed by atoms with Gasteiger partial charge in [0.2, 0.25) is 0 Å². The first-order valence-corrected chi connectivity index (χ1v) is 7.23. The van der Waals surface area contributed by atoms with Crippen LogP contribution >= 0.6 is 0 Å². The number of likely N-dealkylation sites (N-methyl/N-ethyl adjacent to an activating group) is 1. The molecule has 0 saturated heterocycles. The van der Waals surface area contributed by atoms with Gasteiger partial charge in [0.25, 0.3) is 0 Å². The van der Waals surface area contributed by atoms with E-state index in [1.54, 1.807) is 0 Å². The molecule has 0 rings (SSSR count). The molecule has 1 N–H and O–H groups in total. The first kappa shape index (κ1) is 16.9. The molecule has 0 spiro atoms. The molecule has 0 aromatic heterocycles. The Morgan fingerprint density at radius 3 is 2.12 bits per heavy atom. The molecule has 0 aliphatic carbocycles. The number of hydrogen-bond donors (Lipinski definition) is 1. The molecule has 0 radical (unpaired) electrons. The molecule has 0 bridgehead atoms. The third-order valence-corrected chi connectivity index (χ3v) is 3.92. The number of rotatable bonds is 9. The lowest BCUT2D eigenvalue weighted by molar-refractivity contribution is 0.130. The molecule has 104 valence electrons. The molecule has 0 aliphatic heterocycles. The van der Waals surface area contributed by atoms with E-state index >= 15 is 0 Å². The zero-order chi connectivity index (χ0) is 13.5. The summed E-state index contributed by atoms with van der Waals surface area (Å²) in [4.78, 5) is 2.34. The zero-order valence-electron chi connectivity index (χ0n) is 13.1. The molecule has 2 nitrogen and oxygen atoms in total. The van der Waals surface area contributed by atoms with E-state index in [2.05, 4.69) is 58.9 Å². The van der Waals surface area contributed by atoms with Crippen molar-refractivity contribution in [3.05, 3.63) is 0 Å². The molecule has 0 aliphatic rings. The van der Waals surface area contributed by atoms with Crippen molar-refractivity contribution in [1.82, 2.24) is 10.2 Å². The van der Waals surface area contributed by atoms with E-state index < -0.39 is 0 Å². The van der Waals surface area contributed by atoms with Gasteiger partial charge in [0.1, 0.15) is 0 Å². The Kier molecular flexibility index (Phi) is 8.06. The van der Waals surface area contributed by atoms with Crippen molar-refractivity contribution in [2.24, 2.45) is 5.92 Å². The van der Waals surface area contributed by atoms with Crippen molar-refractivity contribution < 1.29 is 0 Å². The first-order chi connectivity index (χ1) is 7.82. The Bertz CT molecular complexity index is 185. The van der Waals surface area contributed by atoms with Crippen LogP contribution in [0.4, 0.5) is 0 Å². The van der Waals surface area contributed by atoms with Crippen LogP contribution in [0.5, 0.6) is 0 Å². The largest absolute Gasteiger partial charge is 0.312 e. The maximum atomic E-state index is 3.72. The van der Waals surface area contributed by atoms with Crippen LogP contribution in [0.25, 0.3) is 0 Å². The lowest BCUT2D eigenvalue weighted by Crippen LogP contribution is -2.55. The van der Waals surface area contributed by atoms with Gasteiger partial charge in [0.05, 0.1) is 0 Å². The molecule has 17 heavy (non-hydrogen) atoms. The summed E-state index contributed by atoms with van der Waals surface area (Å²) in [6.07, 6.45) is 5.16. The summed E-state index contributed by atoms with van der Waals surface area (Å²) in [6, 6.07) is 0.594.